The van der Waals surface area contributed by atoms with Crippen molar-refractivity contribution in [2.75, 3.05) is 0 Å². The van der Waals surface area contributed by atoms with Gasteiger partial charge in [0.15, 0.2) is 0 Å². The van der Waals surface area contributed by atoms with Crippen molar-refractivity contribution < 1.29 is 9.90 Å². The largest absolute Gasteiger partial charge is 0.508 e. The molecule has 0 heterocycles. The van der Waals surface area contributed by atoms with Gasteiger partial charge in [0.05, 0.1) is 0 Å². The van der Waals surface area contributed by atoms with E-state index in [0.717, 1.165) is 11.1 Å². The maximum Gasteiger partial charge on any atom is 0.134 e. The summed E-state index contributed by atoms with van der Waals surface area (Å²) in [5, 5.41) is 9.60. The van der Waals surface area contributed by atoms with Crippen LogP contribution in [0.3, 0.4) is 0 Å². The highest BCUT2D eigenvalue weighted by molar-refractivity contribution is 5.79. The summed E-state index contributed by atoms with van der Waals surface area (Å²) in [4.78, 5) is 11.0. The molecule has 15 heavy (non-hydrogen) atoms. The average molecular weight is 206 g/mol. The maximum absolute atomic E-state index is 11.0. The number of Topliss-reactive ketones (excluding diaryl/α,β-unsaturated/α-hetero) is 1. The van der Waals surface area contributed by atoms with E-state index < -0.39 is 0 Å². The zero-order chi connectivity index (χ0) is 11.6. The zero-order valence-corrected chi connectivity index (χ0v) is 9.79. The third-order valence-corrected chi connectivity index (χ3v) is 2.38. The molecule has 0 radical (unpaired) electrons. The van der Waals surface area contributed by atoms with E-state index in [1.54, 1.807) is 6.07 Å². The summed E-state index contributed by atoms with van der Waals surface area (Å²) in [5.74, 6) is 0.273. The highest BCUT2D eigenvalue weighted by atomic mass is 16.3. The Hall–Kier alpha value is -1.31. The Morgan fingerprint density at radius 3 is 2.40 bits per heavy atom. The molecule has 2 heteroatoms. The molecule has 1 aromatic carbocycles. The third-order valence-electron chi connectivity index (χ3n) is 2.38. The summed E-state index contributed by atoms with van der Waals surface area (Å²) in [6, 6.07) is 5.48. The quantitative estimate of drug-likeness (QED) is 0.807. The summed E-state index contributed by atoms with van der Waals surface area (Å²) >= 11 is 0. The van der Waals surface area contributed by atoms with Crippen LogP contribution in [-0.4, -0.2) is 10.9 Å². The van der Waals surface area contributed by atoms with Crippen LogP contribution in [0.1, 0.15) is 38.8 Å². The first kappa shape index (κ1) is 11.8. The van der Waals surface area contributed by atoms with Gasteiger partial charge < -0.3 is 5.11 Å². The average Bonchev–Trinajstić information content (AvgIpc) is 2.06. The molecule has 0 aromatic heterocycles. The second-order valence-corrected chi connectivity index (χ2v) is 4.97. The first-order chi connectivity index (χ1) is 6.80. The van der Waals surface area contributed by atoms with Crippen molar-refractivity contribution in [2.45, 2.75) is 39.5 Å². The first-order valence-corrected chi connectivity index (χ1v) is 5.12. The van der Waals surface area contributed by atoms with Gasteiger partial charge >= 0.3 is 0 Å². The molecule has 0 saturated heterocycles. The minimum Gasteiger partial charge on any atom is -0.508 e. The highest BCUT2D eigenvalue weighted by Gasteiger charge is 2.15. The van der Waals surface area contributed by atoms with Gasteiger partial charge in [-0.3, -0.25) is 4.79 Å². The van der Waals surface area contributed by atoms with Gasteiger partial charge in [0, 0.05) is 12.0 Å². The van der Waals surface area contributed by atoms with Gasteiger partial charge in [-0.1, -0.05) is 32.9 Å². The van der Waals surface area contributed by atoms with E-state index in [9.17, 15) is 9.90 Å². The fraction of sp³-hybridized carbons (Fsp3) is 0.462. The summed E-state index contributed by atoms with van der Waals surface area (Å²) in [7, 11) is 0. The number of carbonyl (C=O) groups excluding carboxylic acids is 1. The summed E-state index contributed by atoms with van der Waals surface area (Å²) in [6.45, 7) is 7.86. The molecule has 82 valence electrons. The van der Waals surface area contributed by atoms with Crippen molar-refractivity contribution >= 4 is 5.78 Å². The van der Waals surface area contributed by atoms with Gasteiger partial charge in [-0.05, 0) is 24.0 Å². The van der Waals surface area contributed by atoms with Crippen LogP contribution in [0.25, 0.3) is 0 Å². The number of hydrogen-bond donors (Lipinski definition) is 1. The lowest BCUT2D eigenvalue weighted by molar-refractivity contribution is -0.116. The molecule has 0 saturated carbocycles. The Balaban J connectivity index is 3.11. The van der Waals surface area contributed by atoms with Crippen LogP contribution < -0.4 is 0 Å². The van der Waals surface area contributed by atoms with Crippen LogP contribution in [0.15, 0.2) is 18.2 Å². The molecule has 0 aliphatic rings. The molecule has 2 nitrogen and oxygen atoms in total. The lowest BCUT2D eigenvalue weighted by Crippen LogP contribution is -2.11. The standard InChI is InChI=1S/C13H18O2/c1-9(14)7-10-8-11(13(2,3)4)5-6-12(10)15/h5-6,8,15H,7H2,1-4H3. The van der Waals surface area contributed by atoms with Crippen LogP contribution in [0, 0.1) is 0 Å². The molecule has 0 bridgehead atoms. The minimum absolute atomic E-state index is 0.0409. The summed E-state index contributed by atoms with van der Waals surface area (Å²) in [5.41, 5.74) is 1.89. The Bertz CT molecular complexity index is 373. The Morgan fingerprint density at radius 2 is 1.93 bits per heavy atom. The van der Waals surface area contributed by atoms with E-state index in [0.29, 0.717) is 6.42 Å². The molecule has 0 amide bonds. The van der Waals surface area contributed by atoms with Gasteiger partial charge in [0.2, 0.25) is 0 Å². The van der Waals surface area contributed by atoms with Gasteiger partial charge in [0.1, 0.15) is 11.5 Å². The van der Waals surface area contributed by atoms with Crippen molar-refractivity contribution in [3.8, 4) is 5.75 Å². The van der Waals surface area contributed by atoms with E-state index in [1.165, 1.54) is 6.92 Å². The monoisotopic (exact) mass is 206 g/mol. The van der Waals surface area contributed by atoms with Crippen LogP contribution in [0.4, 0.5) is 0 Å². The SMILES string of the molecule is CC(=O)Cc1cc(C(C)(C)C)ccc1O. The molecule has 0 aliphatic heterocycles. The lowest BCUT2D eigenvalue weighted by Gasteiger charge is -2.20. The molecule has 0 unspecified atom stereocenters. The van der Waals surface area contributed by atoms with E-state index >= 15 is 0 Å². The number of phenols is 1. The van der Waals surface area contributed by atoms with Gasteiger partial charge in [-0.25, -0.2) is 0 Å². The molecular formula is C13H18O2. The molecule has 1 N–H and O–H groups in total. The molecule has 0 fully saturated rings. The predicted octanol–water partition coefficient (Wildman–Crippen LogP) is 2.82. The Kier molecular flexibility index (Phi) is 3.18. The molecule has 0 atom stereocenters. The third kappa shape index (κ3) is 3.08. The van der Waals surface area contributed by atoms with E-state index in [2.05, 4.69) is 20.8 Å². The number of benzene rings is 1. The lowest BCUT2D eigenvalue weighted by atomic mass is 9.85. The Labute approximate surface area is 90.9 Å². The fourth-order valence-corrected chi connectivity index (χ4v) is 1.46. The normalized spacial score (nSPS) is 11.5. The van der Waals surface area contributed by atoms with Crippen LogP contribution in [-0.2, 0) is 16.6 Å². The number of aromatic hydroxyl groups is 1. The predicted molar refractivity (Wildman–Crippen MR) is 61.2 cm³/mol. The number of rotatable bonds is 2. The highest BCUT2D eigenvalue weighted by Crippen LogP contribution is 2.27. The van der Waals surface area contributed by atoms with E-state index in [1.807, 2.05) is 12.1 Å². The minimum atomic E-state index is 0.0409. The van der Waals surface area contributed by atoms with Crippen LogP contribution >= 0.6 is 0 Å². The smallest absolute Gasteiger partial charge is 0.134 e. The molecule has 1 aromatic rings. The second-order valence-electron chi connectivity index (χ2n) is 4.97. The van der Waals surface area contributed by atoms with E-state index in [4.69, 9.17) is 0 Å². The van der Waals surface area contributed by atoms with Crippen molar-refractivity contribution in [3.63, 3.8) is 0 Å². The number of phenolic OH excluding ortho intramolecular Hbond substituents is 1. The molecule has 1 rings (SSSR count). The number of ketones is 1. The molecule has 0 aliphatic carbocycles. The Morgan fingerprint density at radius 1 is 1.33 bits per heavy atom. The van der Waals surface area contributed by atoms with Gasteiger partial charge in [-0.15, -0.1) is 0 Å². The summed E-state index contributed by atoms with van der Waals surface area (Å²) in [6.07, 6.45) is 0.301. The molecular weight excluding hydrogens is 188 g/mol. The van der Waals surface area contributed by atoms with Crippen molar-refractivity contribution in [3.05, 3.63) is 29.3 Å². The van der Waals surface area contributed by atoms with Gasteiger partial charge in [0.25, 0.3) is 0 Å². The molecule has 0 spiro atoms. The second kappa shape index (κ2) is 4.05. The van der Waals surface area contributed by atoms with Crippen LogP contribution in [0.2, 0.25) is 0 Å². The van der Waals surface area contributed by atoms with Crippen molar-refractivity contribution in [2.24, 2.45) is 0 Å². The van der Waals surface area contributed by atoms with Crippen LogP contribution in [0.5, 0.6) is 5.75 Å². The first-order valence-electron chi connectivity index (χ1n) is 5.12. The topological polar surface area (TPSA) is 37.3 Å². The van der Waals surface area contributed by atoms with E-state index in [-0.39, 0.29) is 16.9 Å². The number of hydrogen-bond acceptors (Lipinski definition) is 2. The van der Waals surface area contributed by atoms with Crippen molar-refractivity contribution in [1.29, 1.82) is 0 Å². The van der Waals surface area contributed by atoms with Gasteiger partial charge in [-0.2, -0.15) is 0 Å². The van der Waals surface area contributed by atoms with Crippen molar-refractivity contribution in [1.82, 2.24) is 0 Å². The summed E-state index contributed by atoms with van der Waals surface area (Å²) < 4.78 is 0. The fourth-order valence-electron chi connectivity index (χ4n) is 1.46. The zero-order valence-electron chi connectivity index (χ0n) is 9.79. The number of carbonyl (C=O) groups is 1. The maximum atomic E-state index is 11.0.